The zero-order chi connectivity index (χ0) is 16.0. The zero-order valence-electron chi connectivity index (χ0n) is 14.1. The molecule has 1 aliphatic heterocycles. The molecule has 1 aromatic carbocycles. The molecule has 1 N–H and O–H groups in total. The van der Waals surface area contributed by atoms with E-state index in [1.54, 1.807) is 18.2 Å². The summed E-state index contributed by atoms with van der Waals surface area (Å²) in [4.78, 5) is 0. The molecule has 0 saturated carbocycles. The largest absolute Gasteiger partial charge is 1.00 e. The van der Waals surface area contributed by atoms with Gasteiger partial charge in [0, 0.05) is 0 Å². The number of anilines is 2. The Kier molecular flexibility index (Phi) is 8.93. The van der Waals surface area contributed by atoms with E-state index in [0.29, 0.717) is 12.1 Å². The van der Waals surface area contributed by atoms with Crippen LogP contribution in [-0.4, -0.2) is 19.1 Å². The Balaban J connectivity index is 0.00000264. The van der Waals surface area contributed by atoms with Gasteiger partial charge in [-0.1, -0.05) is 57.6 Å². The summed E-state index contributed by atoms with van der Waals surface area (Å²) in [6, 6.07) is 7.05. The second-order valence-electron chi connectivity index (χ2n) is 5.84. The number of benzene rings is 1. The predicted octanol–water partition coefficient (Wildman–Crippen LogP) is 0.850. The Morgan fingerprint density at radius 2 is 1.70 bits per heavy atom. The molecule has 1 heterocycles. The number of fused-ring (bicyclic) bond motifs is 1. The third kappa shape index (κ3) is 5.94. The third-order valence-corrected chi connectivity index (χ3v) is 5.00. The van der Waals surface area contributed by atoms with Crippen LogP contribution in [0.5, 0.6) is 0 Å². The van der Waals surface area contributed by atoms with Crippen molar-refractivity contribution in [1.29, 1.82) is 0 Å². The van der Waals surface area contributed by atoms with Gasteiger partial charge in [0.25, 0.3) is 0 Å². The molecule has 0 radical (unpaired) electrons. The Morgan fingerprint density at radius 3 is 2.35 bits per heavy atom. The van der Waals surface area contributed by atoms with Gasteiger partial charge < -0.3 is 9.87 Å². The Hall–Kier alpha value is -0.270. The molecule has 23 heavy (non-hydrogen) atoms. The average Bonchev–Trinajstić information content (AvgIpc) is 2.84. The first-order valence-electron chi connectivity index (χ1n) is 8.15. The molecule has 2 rings (SSSR count). The van der Waals surface area contributed by atoms with Gasteiger partial charge in [0.05, 0.1) is 11.4 Å². The van der Waals surface area contributed by atoms with Crippen molar-refractivity contribution in [2.24, 2.45) is 0 Å². The fourth-order valence-corrected chi connectivity index (χ4v) is 3.82. The van der Waals surface area contributed by atoms with E-state index in [1.807, 2.05) is 6.07 Å². The first-order valence-corrected chi connectivity index (χ1v) is 9.51. The maximum atomic E-state index is 11.5. The van der Waals surface area contributed by atoms with Crippen molar-refractivity contribution in [1.82, 2.24) is 0 Å². The van der Waals surface area contributed by atoms with Crippen molar-refractivity contribution >= 4 is 21.7 Å². The van der Waals surface area contributed by atoms with E-state index in [4.69, 9.17) is 0 Å². The third-order valence-electron chi connectivity index (χ3n) is 4.07. The molecule has 7 heteroatoms. The number of unbranched alkanes of at least 4 members (excludes halogenated alkanes) is 6. The molecule has 1 aromatic rings. The second-order valence-corrected chi connectivity index (χ2v) is 7.09. The molecule has 0 aliphatic carbocycles. The monoisotopic (exact) mass is 348 g/mol. The minimum Gasteiger partial charge on any atom is -0.731 e. The van der Waals surface area contributed by atoms with Gasteiger partial charge in [0.15, 0.2) is 10.3 Å². The van der Waals surface area contributed by atoms with Crippen LogP contribution in [0, 0.1) is 0 Å². The average molecular weight is 348 g/mol. The van der Waals surface area contributed by atoms with E-state index in [9.17, 15) is 13.0 Å². The standard InChI is InChI=1S/C16H26N2O3S.Na/c1-2-3-4-5-6-7-8-13-16-17-14-11-9-10-12-15(14)18(16)22(19,20)21;/h9-12,16-17H,2-8,13H2,1H3,(H,19,20,21);/q;+1/p-1. The van der Waals surface area contributed by atoms with Crippen molar-refractivity contribution in [3.05, 3.63) is 24.3 Å². The molecule has 5 nitrogen and oxygen atoms in total. The van der Waals surface area contributed by atoms with Crippen LogP contribution in [0.2, 0.25) is 0 Å². The van der Waals surface area contributed by atoms with Gasteiger partial charge >= 0.3 is 29.6 Å². The van der Waals surface area contributed by atoms with Gasteiger partial charge in [0.1, 0.15) is 6.17 Å². The number of hydrogen-bond acceptors (Lipinski definition) is 4. The van der Waals surface area contributed by atoms with Gasteiger partial charge in [-0.25, -0.2) is 8.42 Å². The first-order chi connectivity index (χ1) is 10.5. The maximum Gasteiger partial charge on any atom is 1.00 e. The normalized spacial score (nSPS) is 16.6. The molecule has 1 atom stereocenters. The van der Waals surface area contributed by atoms with Gasteiger partial charge in [-0.15, -0.1) is 0 Å². The Morgan fingerprint density at radius 1 is 1.09 bits per heavy atom. The van der Waals surface area contributed by atoms with Crippen LogP contribution in [-0.2, 0) is 10.3 Å². The van der Waals surface area contributed by atoms with Gasteiger partial charge in [-0.3, -0.25) is 4.31 Å². The summed E-state index contributed by atoms with van der Waals surface area (Å²) in [5.74, 6) is 0. The number of para-hydroxylation sites is 2. The summed E-state index contributed by atoms with van der Waals surface area (Å²) in [7, 11) is -4.50. The fraction of sp³-hybridized carbons (Fsp3) is 0.625. The summed E-state index contributed by atoms with van der Waals surface area (Å²) >= 11 is 0. The van der Waals surface area contributed by atoms with Crippen LogP contribution < -0.4 is 39.2 Å². The number of nitrogens with one attached hydrogen (secondary N) is 1. The van der Waals surface area contributed by atoms with Crippen LogP contribution in [0.3, 0.4) is 0 Å². The Bertz CT molecular complexity index is 580. The van der Waals surface area contributed by atoms with E-state index in [-0.39, 0.29) is 29.6 Å². The quantitative estimate of drug-likeness (QED) is 0.408. The second kappa shape index (κ2) is 9.89. The molecule has 0 fully saturated rings. The van der Waals surface area contributed by atoms with E-state index < -0.39 is 16.5 Å². The molecule has 0 amide bonds. The van der Waals surface area contributed by atoms with E-state index >= 15 is 0 Å². The van der Waals surface area contributed by atoms with E-state index in [2.05, 4.69) is 12.2 Å². The molecule has 1 aliphatic rings. The molecule has 1 unspecified atom stereocenters. The molecular formula is C16H25N2NaO3S. The SMILES string of the molecule is CCCCCCCCCC1Nc2ccccc2N1S(=O)(=O)[O-].[Na+]. The molecule has 0 spiro atoms. The van der Waals surface area contributed by atoms with Crippen LogP contribution in [0.25, 0.3) is 0 Å². The van der Waals surface area contributed by atoms with Crippen LogP contribution in [0.15, 0.2) is 24.3 Å². The molecule has 0 bridgehead atoms. The smallest absolute Gasteiger partial charge is 0.731 e. The zero-order valence-corrected chi connectivity index (χ0v) is 16.9. The van der Waals surface area contributed by atoms with Gasteiger partial charge in [-0.2, -0.15) is 0 Å². The molecule has 0 saturated heterocycles. The molecular weight excluding hydrogens is 323 g/mol. The summed E-state index contributed by atoms with van der Waals surface area (Å²) in [5.41, 5.74) is 1.18. The van der Waals surface area contributed by atoms with E-state index in [1.165, 1.54) is 32.1 Å². The van der Waals surface area contributed by atoms with Gasteiger partial charge in [-0.05, 0) is 25.0 Å². The number of hydrogen-bond donors (Lipinski definition) is 1. The minimum absolute atomic E-state index is 0. The van der Waals surface area contributed by atoms with Crippen molar-refractivity contribution < 1.29 is 42.5 Å². The van der Waals surface area contributed by atoms with Crippen molar-refractivity contribution in [3.63, 3.8) is 0 Å². The fourth-order valence-electron chi connectivity index (χ4n) is 2.95. The van der Waals surface area contributed by atoms with Crippen molar-refractivity contribution in [2.45, 2.75) is 64.5 Å². The summed E-state index contributed by atoms with van der Waals surface area (Å²) in [6.45, 7) is 2.20. The first kappa shape index (κ1) is 20.8. The van der Waals surface area contributed by atoms with Crippen LogP contribution >= 0.6 is 0 Å². The number of rotatable bonds is 9. The topological polar surface area (TPSA) is 72.5 Å². The maximum absolute atomic E-state index is 11.5. The minimum atomic E-state index is -4.50. The van der Waals surface area contributed by atoms with Crippen LogP contribution in [0.1, 0.15) is 58.3 Å². The van der Waals surface area contributed by atoms with Crippen molar-refractivity contribution in [2.75, 3.05) is 9.62 Å². The Labute approximate surface area is 162 Å². The molecule has 0 aromatic heterocycles. The summed E-state index contributed by atoms with van der Waals surface area (Å²) in [6.07, 6.45) is 8.39. The summed E-state index contributed by atoms with van der Waals surface area (Å²) in [5, 5.41) is 3.15. The predicted molar refractivity (Wildman–Crippen MR) is 88.6 cm³/mol. The van der Waals surface area contributed by atoms with Crippen LogP contribution in [0.4, 0.5) is 11.4 Å². The number of nitrogens with zero attached hydrogens (tertiary/aromatic N) is 1. The summed E-state index contributed by atoms with van der Waals surface area (Å²) < 4.78 is 35.6. The van der Waals surface area contributed by atoms with E-state index in [0.717, 1.165) is 22.8 Å². The van der Waals surface area contributed by atoms with Crippen molar-refractivity contribution in [3.8, 4) is 0 Å². The van der Waals surface area contributed by atoms with Gasteiger partial charge in [0.2, 0.25) is 0 Å². The molecule has 124 valence electrons.